The molecule has 0 heterocycles. The number of ether oxygens (including phenoxy) is 2. The van der Waals surface area contributed by atoms with Crippen LogP contribution in [0.3, 0.4) is 0 Å². The third-order valence-electron chi connectivity index (χ3n) is 4.36. The van der Waals surface area contributed by atoms with Gasteiger partial charge in [0.25, 0.3) is 0 Å². The van der Waals surface area contributed by atoms with Gasteiger partial charge in [0.15, 0.2) is 11.5 Å². The molecule has 0 bridgehead atoms. The van der Waals surface area contributed by atoms with E-state index in [1.54, 1.807) is 7.11 Å². The first-order chi connectivity index (χ1) is 9.65. The summed E-state index contributed by atoms with van der Waals surface area (Å²) in [5, 5.41) is 0. The number of nitrogens with two attached hydrogens (primary N) is 1. The van der Waals surface area contributed by atoms with Crippen LogP contribution < -0.4 is 15.2 Å². The highest BCUT2D eigenvalue weighted by Gasteiger charge is 2.26. The molecule has 0 radical (unpaired) electrons. The lowest BCUT2D eigenvalue weighted by Crippen LogP contribution is -2.30. The minimum Gasteiger partial charge on any atom is -0.493 e. The number of benzene rings is 1. The van der Waals surface area contributed by atoms with Gasteiger partial charge < -0.3 is 15.2 Å². The molecule has 2 N–H and O–H groups in total. The van der Waals surface area contributed by atoms with Crippen molar-refractivity contribution < 1.29 is 9.47 Å². The topological polar surface area (TPSA) is 44.5 Å². The summed E-state index contributed by atoms with van der Waals surface area (Å²) in [5.41, 5.74) is 6.99. The van der Waals surface area contributed by atoms with Crippen molar-refractivity contribution in [2.24, 2.45) is 11.7 Å². The molecule has 3 heteroatoms. The molecule has 0 saturated heterocycles. The molecule has 3 atom stereocenters. The van der Waals surface area contributed by atoms with Gasteiger partial charge in [0, 0.05) is 6.04 Å². The minimum absolute atomic E-state index is 0.0102. The van der Waals surface area contributed by atoms with Crippen LogP contribution in [-0.4, -0.2) is 13.2 Å². The van der Waals surface area contributed by atoms with Crippen molar-refractivity contribution in [1.82, 2.24) is 0 Å². The summed E-state index contributed by atoms with van der Waals surface area (Å²) in [7, 11) is 1.69. The fourth-order valence-corrected chi connectivity index (χ4v) is 3.02. The molecule has 1 aromatic carbocycles. The number of hydrogen-bond acceptors (Lipinski definition) is 3. The Balaban J connectivity index is 2.15. The molecule has 3 nitrogen and oxygen atoms in total. The minimum atomic E-state index is 0.0102. The molecule has 112 valence electrons. The van der Waals surface area contributed by atoms with Crippen molar-refractivity contribution in [3.8, 4) is 11.5 Å². The summed E-state index contributed by atoms with van der Waals surface area (Å²) in [6.45, 7) is 4.23. The molecule has 1 aliphatic rings. The first-order valence-electron chi connectivity index (χ1n) is 7.75. The summed E-state index contributed by atoms with van der Waals surface area (Å²) in [6, 6.07) is 6.03. The lowest BCUT2D eigenvalue weighted by atomic mass is 9.85. The van der Waals surface area contributed by atoms with Gasteiger partial charge in [-0.05, 0) is 56.2 Å². The average molecular weight is 277 g/mol. The van der Waals surface area contributed by atoms with E-state index in [-0.39, 0.29) is 6.04 Å². The van der Waals surface area contributed by atoms with Gasteiger partial charge in [-0.2, -0.15) is 0 Å². The van der Waals surface area contributed by atoms with E-state index in [9.17, 15) is 0 Å². The normalized spacial score (nSPS) is 24.2. The second kappa shape index (κ2) is 6.98. The van der Waals surface area contributed by atoms with Crippen LogP contribution in [0.2, 0.25) is 0 Å². The maximum Gasteiger partial charge on any atom is 0.161 e. The Morgan fingerprint density at radius 3 is 2.65 bits per heavy atom. The van der Waals surface area contributed by atoms with E-state index in [0.29, 0.717) is 12.0 Å². The zero-order valence-electron chi connectivity index (χ0n) is 12.9. The van der Waals surface area contributed by atoms with Crippen LogP contribution in [0.25, 0.3) is 0 Å². The van der Waals surface area contributed by atoms with Crippen LogP contribution in [0, 0.1) is 5.92 Å². The van der Waals surface area contributed by atoms with E-state index in [1.165, 1.54) is 25.7 Å². The van der Waals surface area contributed by atoms with Gasteiger partial charge in [-0.3, -0.25) is 0 Å². The Morgan fingerprint density at radius 2 is 2.00 bits per heavy atom. The molecule has 0 aliphatic heterocycles. The van der Waals surface area contributed by atoms with Gasteiger partial charge in [0.2, 0.25) is 0 Å². The summed E-state index contributed by atoms with van der Waals surface area (Å²) < 4.78 is 11.7. The van der Waals surface area contributed by atoms with Crippen molar-refractivity contribution >= 4 is 0 Å². The van der Waals surface area contributed by atoms with Crippen LogP contribution in [0.1, 0.15) is 57.6 Å². The summed E-state index contributed by atoms with van der Waals surface area (Å²) in [4.78, 5) is 0. The smallest absolute Gasteiger partial charge is 0.161 e. The van der Waals surface area contributed by atoms with E-state index in [0.717, 1.165) is 23.5 Å². The SMILES string of the molecule is CCC1CCCCC1Oc1ccc([C@H](C)N)cc1OC. The van der Waals surface area contributed by atoms with Crippen molar-refractivity contribution in [2.45, 2.75) is 58.1 Å². The predicted molar refractivity (Wildman–Crippen MR) is 82.3 cm³/mol. The maximum atomic E-state index is 6.25. The van der Waals surface area contributed by atoms with Gasteiger partial charge in [-0.15, -0.1) is 0 Å². The van der Waals surface area contributed by atoms with Crippen LogP contribution in [0.4, 0.5) is 0 Å². The van der Waals surface area contributed by atoms with Crippen molar-refractivity contribution in [2.75, 3.05) is 7.11 Å². The van der Waals surface area contributed by atoms with E-state index in [4.69, 9.17) is 15.2 Å². The van der Waals surface area contributed by atoms with Crippen molar-refractivity contribution in [3.63, 3.8) is 0 Å². The largest absolute Gasteiger partial charge is 0.493 e. The van der Waals surface area contributed by atoms with Crippen molar-refractivity contribution in [1.29, 1.82) is 0 Å². The first kappa shape index (κ1) is 15.2. The third-order valence-corrected chi connectivity index (χ3v) is 4.36. The molecular weight excluding hydrogens is 250 g/mol. The predicted octanol–water partition coefficient (Wildman–Crippen LogP) is 4.06. The summed E-state index contributed by atoms with van der Waals surface area (Å²) >= 11 is 0. The summed E-state index contributed by atoms with van der Waals surface area (Å²) in [6.07, 6.45) is 6.53. The van der Waals surface area contributed by atoms with Crippen LogP contribution >= 0.6 is 0 Å². The van der Waals surface area contributed by atoms with E-state index >= 15 is 0 Å². The second-order valence-corrected chi connectivity index (χ2v) is 5.81. The Kier molecular flexibility index (Phi) is 5.30. The number of rotatable bonds is 5. The molecule has 2 unspecified atom stereocenters. The van der Waals surface area contributed by atoms with Gasteiger partial charge >= 0.3 is 0 Å². The fourth-order valence-electron chi connectivity index (χ4n) is 3.02. The highest BCUT2D eigenvalue weighted by atomic mass is 16.5. The zero-order chi connectivity index (χ0) is 14.5. The zero-order valence-corrected chi connectivity index (χ0v) is 12.9. The monoisotopic (exact) mass is 277 g/mol. The maximum absolute atomic E-state index is 6.25. The Morgan fingerprint density at radius 1 is 1.25 bits per heavy atom. The van der Waals surface area contributed by atoms with Gasteiger partial charge in [-0.25, -0.2) is 0 Å². The third kappa shape index (κ3) is 3.45. The van der Waals surface area contributed by atoms with Gasteiger partial charge in [0.05, 0.1) is 7.11 Å². The number of methoxy groups -OCH3 is 1. The van der Waals surface area contributed by atoms with Crippen molar-refractivity contribution in [3.05, 3.63) is 23.8 Å². The molecule has 0 spiro atoms. The highest BCUT2D eigenvalue weighted by Crippen LogP contribution is 2.35. The average Bonchev–Trinajstić information content (AvgIpc) is 2.48. The highest BCUT2D eigenvalue weighted by molar-refractivity contribution is 5.43. The quantitative estimate of drug-likeness (QED) is 0.882. The molecule has 1 aromatic rings. The molecule has 0 amide bonds. The van der Waals surface area contributed by atoms with Gasteiger partial charge in [0.1, 0.15) is 6.10 Å². The molecule has 1 fully saturated rings. The standard InChI is InChI=1S/C17H27NO2/c1-4-13-7-5-6-8-15(13)20-16-10-9-14(12(2)18)11-17(16)19-3/h9-13,15H,4-8,18H2,1-3H3/t12-,13?,15?/m0/s1. The molecule has 20 heavy (non-hydrogen) atoms. The molecule has 0 aromatic heterocycles. The summed E-state index contributed by atoms with van der Waals surface area (Å²) in [5.74, 6) is 2.31. The Hall–Kier alpha value is -1.22. The van der Waals surface area contributed by atoms with Crippen LogP contribution in [0.5, 0.6) is 11.5 Å². The van der Waals surface area contributed by atoms with E-state index in [1.807, 2.05) is 25.1 Å². The molecular formula is C17H27NO2. The molecule has 2 rings (SSSR count). The van der Waals surface area contributed by atoms with Crippen LogP contribution in [0.15, 0.2) is 18.2 Å². The Labute approximate surface area is 122 Å². The molecule has 1 aliphatic carbocycles. The van der Waals surface area contributed by atoms with Gasteiger partial charge in [-0.1, -0.05) is 19.4 Å². The first-order valence-corrected chi connectivity index (χ1v) is 7.75. The second-order valence-electron chi connectivity index (χ2n) is 5.81. The lowest BCUT2D eigenvalue weighted by molar-refractivity contribution is 0.0873. The van der Waals surface area contributed by atoms with Crippen LogP contribution in [-0.2, 0) is 0 Å². The lowest BCUT2D eigenvalue weighted by Gasteiger charge is -2.31. The van der Waals surface area contributed by atoms with E-state index < -0.39 is 0 Å². The molecule has 1 saturated carbocycles. The fraction of sp³-hybridized carbons (Fsp3) is 0.647. The Bertz CT molecular complexity index is 431. The number of hydrogen-bond donors (Lipinski definition) is 1. The van der Waals surface area contributed by atoms with E-state index in [2.05, 4.69) is 6.92 Å².